The van der Waals surface area contributed by atoms with Gasteiger partial charge in [0.15, 0.2) is 0 Å². The lowest BCUT2D eigenvalue weighted by molar-refractivity contribution is 0.133. The van der Waals surface area contributed by atoms with Gasteiger partial charge in [0.05, 0.1) is 19.2 Å². The van der Waals surface area contributed by atoms with Crippen molar-refractivity contribution < 1.29 is 9.53 Å². The second-order valence-electron chi connectivity index (χ2n) is 5.76. The van der Waals surface area contributed by atoms with Crippen LogP contribution in [-0.4, -0.2) is 43.3 Å². The van der Waals surface area contributed by atoms with Gasteiger partial charge in [0, 0.05) is 19.1 Å². The van der Waals surface area contributed by atoms with Gasteiger partial charge in [-0.15, -0.1) is 0 Å². The van der Waals surface area contributed by atoms with Crippen LogP contribution in [0.25, 0.3) is 0 Å². The summed E-state index contributed by atoms with van der Waals surface area (Å²) in [5, 5.41) is 11.9. The van der Waals surface area contributed by atoms with E-state index in [4.69, 9.17) is 10.00 Å². The minimum Gasteiger partial charge on any atom is -0.450 e. The van der Waals surface area contributed by atoms with Gasteiger partial charge in [-0.05, 0) is 31.7 Å². The molecule has 1 aliphatic heterocycles. The van der Waals surface area contributed by atoms with Crippen LogP contribution in [0.5, 0.6) is 0 Å². The Morgan fingerprint density at radius 3 is 2.77 bits per heavy atom. The molecule has 1 N–H and O–H groups in total. The van der Waals surface area contributed by atoms with Crippen LogP contribution in [0.4, 0.5) is 4.79 Å². The number of nitrogens with zero attached hydrogens (tertiary/aromatic N) is 2. The molecule has 5 heteroatoms. The van der Waals surface area contributed by atoms with Crippen molar-refractivity contribution in [2.24, 2.45) is 0 Å². The van der Waals surface area contributed by atoms with Crippen LogP contribution < -0.4 is 5.32 Å². The van der Waals surface area contributed by atoms with Crippen LogP contribution in [0.2, 0.25) is 0 Å². The van der Waals surface area contributed by atoms with Gasteiger partial charge in [0.2, 0.25) is 0 Å². The Bertz CT molecular complexity index is 536. The largest absolute Gasteiger partial charge is 0.450 e. The Balaban J connectivity index is 2.07. The van der Waals surface area contributed by atoms with Crippen molar-refractivity contribution in [1.29, 1.82) is 5.26 Å². The first-order chi connectivity index (χ1) is 10.6. The topological polar surface area (TPSA) is 65.4 Å². The normalized spacial score (nSPS) is 21.9. The minimum atomic E-state index is -0.381. The smallest absolute Gasteiger partial charge is 0.407 e. The molecule has 2 unspecified atom stereocenters. The molecule has 0 aliphatic carbocycles. The average Bonchev–Trinajstić information content (AvgIpc) is 2.48. The number of hydrogen-bond acceptors (Lipinski definition) is 4. The summed E-state index contributed by atoms with van der Waals surface area (Å²) in [5.41, 5.74) is 2.48. The number of hydrogen-bond donors (Lipinski definition) is 1. The zero-order chi connectivity index (χ0) is 15.9. The van der Waals surface area contributed by atoms with E-state index in [9.17, 15) is 4.79 Å². The third kappa shape index (κ3) is 4.47. The molecular formula is C17H23N3O2. The van der Waals surface area contributed by atoms with Crippen molar-refractivity contribution in [2.75, 3.05) is 26.2 Å². The first kappa shape index (κ1) is 16.3. The summed E-state index contributed by atoms with van der Waals surface area (Å²) in [6, 6.07) is 10.7. The van der Waals surface area contributed by atoms with Crippen molar-refractivity contribution in [3.63, 3.8) is 0 Å². The number of nitrogens with one attached hydrogen (secondary N) is 1. The van der Waals surface area contributed by atoms with Crippen molar-refractivity contribution in [2.45, 2.75) is 32.2 Å². The Hall–Kier alpha value is -2.06. The molecule has 1 saturated heterocycles. The molecule has 1 aromatic rings. The number of alkyl carbamates (subject to hydrolysis) is 1. The molecule has 2 rings (SSSR count). The molecule has 0 saturated carbocycles. The highest BCUT2D eigenvalue weighted by Gasteiger charge is 2.29. The number of carbonyl (C=O) groups is 1. The van der Waals surface area contributed by atoms with Crippen LogP contribution in [-0.2, 0) is 4.74 Å². The average molecular weight is 301 g/mol. The number of amides is 1. The number of ether oxygens (including phenoxy) is 1. The zero-order valence-electron chi connectivity index (χ0n) is 13.2. The van der Waals surface area contributed by atoms with Gasteiger partial charge in [-0.3, -0.25) is 4.90 Å². The third-order valence-corrected chi connectivity index (χ3v) is 3.97. The summed E-state index contributed by atoms with van der Waals surface area (Å²) < 4.78 is 4.96. The number of benzene rings is 1. The first-order valence-corrected chi connectivity index (χ1v) is 7.71. The van der Waals surface area contributed by atoms with Gasteiger partial charge in [-0.2, -0.15) is 5.26 Å². The van der Waals surface area contributed by atoms with Crippen LogP contribution in [0.3, 0.4) is 0 Å². The Morgan fingerprint density at radius 1 is 1.41 bits per heavy atom. The number of rotatable bonds is 4. The monoisotopic (exact) mass is 301 g/mol. The third-order valence-electron chi connectivity index (χ3n) is 3.97. The van der Waals surface area contributed by atoms with Crippen molar-refractivity contribution in [3.8, 4) is 6.07 Å². The first-order valence-electron chi connectivity index (χ1n) is 7.71. The number of likely N-dealkylation sites (tertiary alicyclic amines) is 1. The maximum atomic E-state index is 11.6. The Morgan fingerprint density at radius 2 is 2.14 bits per heavy atom. The molecule has 0 radical (unpaired) electrons. The summed E-state index contributed by atoms with van der Waals surface area (Å²) in [6.07, 6.45) is 0.484. The molecule has 5 nitrogen and oxygen atoms in total. The zero-order valence-corrected chi connectivity index (χ0v) is 13.2. The fourth-order valence-electron chi connectivity index (χ4n) is 2.94. The number of aryl methyl sites for hydroxylation is 1. The molecule has 22 heavy (non-hydrogen) atoms. The Labute approximate surface area is 131 Å². The van der Waals surface area contributed by atoms with Gasteiger partial charge in [-0.1, -0.05) is 29.8 Å². The van der Waals surface area contributed by atoms with E-state index in [0.29, 0.717) is 25.6 Å². The number of nitriles is 1. The highest BCUT2D eigenvalue weighted by atomic mass is 16.5. The van der Waals surface area contributed by atoms with E-state index in [2.05, 4.69) is 47.5 Å². The fraction of sp³-hybridized carbons (Fsp3) is 0.529. The molecule has 1 aliphatic rings. The predicted molar refractivity (Wildman–Crippen MR) is 84.5 cm³/mol. The van der Waals surface area contributed by atoms with Crippen LogP contribution in [0.1, 0.15) is 30.4 Å². The van der Waals surface area contributed by atoms with E-state index in [1.54, 1.807) is 6.92 Å². The standard InChI is InChI=1S/C17H23N3O2/c1-3-22-17(21)19-16-10-15(11-20(12-16)9-8-18)14-6-4-13(2)5-7-14/h4-7,15-16H,3,9-12H2,1-2H3,(H,19,21). The van der Waals surface area contributed by atoms with E-state index in [0.717, 1.165) is 13.0 Å². The highest BCUT2D eigenvalue weighted by molar-refractivity contribution is 5.67. The summed E-state index contributed by atoms with van der Waals surface area (Å²) in [6.45, 7) is 6.13. The van der Waals surface area contributed by atoms with Crippen molar-refractivity contribution >= 4 is 6.09 Å². The predicted octanol–water partition coefficient (Wildman–Crippen LogP) is 2.42. The maximum Gasteiger partial charge on any atom is 0.407 e. The molecule has 1 fully saturated rings. The van der Waals surface area contributed by atoms with Crippen molar-refractivity contribution in [3.05, 3.63) is 35.4 Å². The molecule has 0 spiro atoms. The fourth-order valence-corrected chi connectivity index (χ4v) is 2.94. The lowest BCUT2D eigenvalue weighted by Crippen LogP contribution is -2.50. The van der Waals surface area contributed by atoms with E-state index in [-0.39, 0.29) is 12.1 Å². The number of carbonyl (C=O) groups excluding carboxylic acids is 1. The molecular weight excluding hydrogens is 278 g/mol. The maximum absolute atomic E-state index is 11.6. The van der Waals surface area contributed by atoms with E-state index in [1.807, 2.05) is 0 Å². The van der Waals surface area contributed by atoms with Gasteiger partial charge in [0.25, 0.3) is 0 Å². The summed E-state index contributed by atoms with van der Waals surface area (Å²) in [7, 11) is 0. The van der Waals surface area contributed by atoms with E-state index < -0.39 is 0 Å². The van der Waals surface area contributed by atoms with Gasteiger partial charge in [-0.25, -0.2) is 4.79 Å². The van der Waals surface area contributed by atoms with Gasteiger partial charge >= 0.3 is 6.09 Å². The van der Waals surface area contributed by atoms with Gasteiger partial charge in [0.1, 0.15) is 0 Å². The van der Waals surface area contributed by atoms with Gasteiger partial charge < -0.3 is 10.1 Å². The SMILES string of the molecule is CCOC(=O)NC1CC(c2ccc(C)cc2)CN(CC#N)C1. The van der Waals surface area contributed by atoms with Crippen LogP contribution >= 0.6 is 0 Å². The molecule has 118 valence electrons. The summed E-state index contributed by atoms with van der Waals surface area (Å²) in [4.78, 5) is 13.7. The molecule has 1 amide bonds. The lowest BCUT2D eigenvalue weighted by Gasteiger charge is -2.37. The molecule has 1 aromatic carbocycles. The quantitative estimate of drug-likeness (QED) is 0.867. The molecule has 1 heterocycles. The second-order valence-corrected chi connectivity index (χ2v) is 5.76. The van der Waals surface area contributed by atoms with Crippen LogP contribution in [0.15, 0.2) is 24.3 Å². The summed E-state index contributed by atoms with van der Waals surface area (Å²) in [5.74, 6) is 0.314. The second kappa shape index (κ2) is 7.81. The van der Waals surface area contributed by atoms with Crippen molar-refractivity contribution in [1.82, 2.24) is 10.2 Å². The van der Waals surface area contributed by atoms with Crippen LogP contribution in [0, 0.1) is 18.3 Å². The Kier molecular flexibility index (Phi) is 5.79. The minimum absolute atomic E-state index is 0.00690. The lowest BCUT2D eigenvalue weighted by atomic mass is 9.87. The number of piperidine rings is 1. The molecule has 0 bridgehead atoms. The van der Waals surface area contributed by atoms with E-state index in [1.165, 1.54) is 11.1 Å². The molecule has 2 atom stereocenters. The molecule has 0 aromatic heterocycles. The summed E-state index contributed by atoms with van der Waals surface area (Å²) >= 11 is 0. The highest BCUT2D eigenvalue weighted by Crippen LogP contribution is 2.27. The van der Waals surface area contributed by atoms with E-state index >= 15 is 0 Å².